The van der Waals surface area contributed by atoms with Crippen molar-refractivity contribution in [3.05, 3.63) is 83.8 Å². The van der Waals surface area contributed by atoms with E-state index in [0.717, 1.165) is 17.0 Å². The normalized spacial score (nSPS) is 10.9. The first-order chi connectivity index (χ1) is 13.0. The zero-order valence-corrected chi connectivity index (χ0v) is 13.7. The number of alkyl halides is 2. The lowest BCUT2D eigenvalue weighted by molar-refractivity contribution is -0.0501. The number of ether oxygens (including phenoxy) is 1. The molecule has 0 unspecified atom stereocenters. The first-order valence-corrected chi connectivity index (χ1v) is 7.79. The highest BCUT2D eigenvalue weighted by Crippen LogP contribution is 2.28. The predicted molar refractivity (Wildman–Crippen MR) is 88.7 cm³/mol. The maximum atomic E-state index is 14.3. The first kappa shape index (κ1) is 18.5. The van der Waals surface area contributed by atoms with Crippen LogP contribution in [0.4, 0.5) is 23.2 Å². The Morgan fingerprint density at radius 3 is 2.52 bits per heavy atom. The Bertz CT molecular complexity index is 928. The zero-order chi connectivity index (χ0) is 19.4. The van der Waals surface area contributed by atoms with Gasteiger partial charge in [0.15, 0.2) is 0 Å². The molecule has 0 bridgehead atoms. The van der Waals surface area contributed by atoms with Crippen molar-refractivity contribution in [2.24, 2.45) is 0 Å². The van der Waals surface area contributed by atoms with Crippen molar-refractivity contribution in [2.75, 3.05) is 4.90 Å². The van der Waals surface area contributed by atoms with Crippen LogP contribution in [0, 0.1) is 11.6 Å². The van der Waals surface area contributed by atoms with Crippen molar-refractivity contribution in [3.8, 4) is 5.75 Å². The van der Waals surface area contributed by atoms with Gasteiger partial charge in [0.2, 0.25) is 0 Å². The number of carbonyl (C=O) groups is 1. The Hall–Kier alpha value is -3.29. The van der Waals surface area contributed by atoms with Gasteiger partial charge in [-0.1, -0.05) is 12.1 Å². The molecule has 0 radical (unpaired) electrons. The molecule has 1 amide bonds. The summed E-state index contributed by atoms with van der Waals surface area (Å²) in [5.41, 5.74) is -0.433. The van der Waals surface area contributed by atoms with E-state index in [1.807, 2.05) is 0 Å². The standard InChI is InChI=1S/C19H13F4NO3/c20-12-7-8-16(15(21)10-12)24(11-13-4-3-9-26-13)18(25)14-5-1-2-6-17(14)27-19(22)23/h1-10,19H,11H2. The Kier molecular flexibility index (Phi) is 5.44. The molecule has 3 aromatic rings. The third-order valence-electron chi connectivity index (χ3n) is 3.67. The van der Waals surface area contributed by atoms with Crippen molar-refractivity contribution in [1.29, 1.82) is 0 Å². The fraction of sp³-hybridized carbons (Fsp3) is 0.105. The van der Waals surface area contributed by atoms with Crippen LogP contribution >= 0.6 is 0 Å². The largest absolute Gasteiger partial charge is 0.467 e. The molecule has 0 aliphatic heterocycles. The number of halogens is 4. The van der Waals surface area contributed by atoms with Gasteiger partial charge in [-0.15, -0.1) is 0 Å². The summed E-state index contributed by atoms with van der Waals surface area (Å²) in [6.45, 7) is -3.34. The zero-order valence-electron chi connectivity index (χ0n) is 13.7. The summed E-state index contributed by atoms with van der Waals surface area (Å²) < 4.78 is 62.4. The maximum absolute atomic E-state index is 14.3. The Morgan fingerprint density at radius 1 is 1.07 bits per heavy atom. The van der Waals surface area contributed by atoms with Gasteiger partial charge in [-0.25, -0.2) is 8.78 Å². The van der Waals surface area contributed by atoms with Crippen LogP contribution in [0.25, 0.3) is 0 Å². The number of benzene rings is 2. The smallest absolute Gasteiger partial charge is 0.387 e. The van der Waals surface area contributed by atoms with Gasteiger partial charge in [0.05, 0.1) is 24.1 Å². The second-order valence-corrected chi connectivity index (χ2v) is 5.44. The van der Waals surface area contributed by atoms with Gasteiger partial charge in [-0.05, 0) is 36.4 Å². The molecule has 0 saturated carbocycles. The number of rotatable bonds is 6. The van der Waals surface area contributed by atoms with Gasteiger partial charge < -0.3 is 9.15 Å². The van der Waals surface area contributed by atoms with E-state index in [0.29, 0.717) is 11.8 Å². The van der Waals surface area contributed by atoms with E-state index in [-0.39, 0.29) is 23.5 Å². The molecule has 8 heteroatoms. The van der Waals surface area contributed by atoms with Crippen LogP contribution in [0.15, 0.2) is 65.3 Å². The molecule has 0 fully saturated rings. The molecular weight excluding hydrogens is 366 g/mol. The topological polar surface area (TPSA) is 42.7 Å². The fourth-order valence-electron chi connectivity index (χ4n) is 2.51. The lowest BCUT2D eigenvalue weighted by Gasteiger charge is -2.23. The predicted octanol–water partition coefficient (Wildman–Crippen LogP) is 5.01. The number of hydrogen-bond acceptors (Lipinski definition) is 3. The molecule has 0 saturated heterocycles. The first-order valence-electron chi connectivity index (χ1n) is 7.79. The minimum atomic E-state index is -3.14. The van der Waals surface area contributed by atoms with Crippen LogP contribution in [0.3, 0.4) is 0 Å². The van der Waals surface area contributed by atoms with Gasteiger partial charge in [-0.3, -0.25) is 9.69 Å². The summed E-state index contributed by atoms with van der Waals surface area (Å²) in [5, 5.41) is 0. The second kappa shape index (κ2) is 7.94. The highest BCUT2D eigenvalue weighted by Gasteiger charge is 2.25. The third-order valence-corrected chi connectivity index (χ3v) is 3.67. The molecule has 4 nitrogen and oxygen atoms in total. The fourth-order valence-corrected chi connectivity index (χ4v) is 2.51. The summed E-state index contributed by atoms with van der Waals surface area (Å²) in [7, 11) is 0. The summed E-state index contributed by atoms with van der Waals surface area (Å²) in [4.78, 5) is 14.0. The van der Waals surface area contributed by atoms with Gasteiger partial charge in [-0.2, -0.15) is 8.78 Å². The number of para-hydroxylation sites is 1. The quantitative estimate of drug-likeness (QED) is 0.566. The van der Waals surface area contributed by atoms with E-state index in [1.165, 1.54) is 30.5 Å². The minimum absolute atomic E-state index is 0.197. The minimum Gasteiger partial charge on any atom is -0.467 e. The van der Waals surface area contributed by atoms with Crippen molar-refractivity contribution in [2.45, 2.75) is 13.2 Å². The SMILES string of the molecule is O=C(c1ccccc1OC(F)F)N(Cc1ccco1)c1ccc(F)cc1F. The number of furan rings is 1. The van der Waals surface area contributed by atoms with Gasteiger partial charge in [0.25, 0.3) is 5.91 Å². The van der Waals surface area contributed by atoms with Gasteiger partial charge in [0, 0.05) is 6.07 Å². The monoisotopic (exact) mass is 379 g/mol. The van der Waals surface area contributed by atoms with Crippen LogP contribution in [0.2, 0.25) is 0 Å². The lowest BCUT2D eigenvalue weighted by Crippen LogP contribution is -2.31. The molecule has 0 atom stereocenters. The van der Waals surface area contributed by atoms with Crippen molar-refractivity contribution in [3.63, 3.8) is 0 Å². The molecule has 1 heterocycles. The average Bonchev–Trinajstić information content (AvgIpc) is 3.13. The Morgan fingerprint density at radius 2 is 1.85 bits per heavy atom. The summed E-state index contributed by atoms with van der Waals surface area (Å²) in [6.07, 6.45) is 1.37. The summed E-state index contributed by atoms with van der Waals surface area (Å²) in [5.74, 6) is -2.65. The van der Waals surface area contributed by atoms with Gasteiger partial charge >= 0.3 is 6.61 Å². The molecule has 27 heavy (non-hydrogen) atoms. The second-order valence-electron chi connectivity index (χ2n) is 5.44. The molecule has 0 N–H and O–H groups in total. The Labute approximate surface area is 151 Å². The van der Waals surface area contributed by atoms with Crippen LogP contribution in [0.1, 0.15) is 16.1 Å². The van der Waals surface area contributed by atoms with Crippen molar-refractivity contribution in [1.82, 2.24) is 0 Å². The molecule has 3 rings (SSSR count). The van der Waals surface area contributed by atoms with E-state index in [4.69, 9.17) is 4.42 Å². The molecule has 1 aromatic heterocycles. The number of amides is 1. The average molecular weight is 379 g/mol. The maximum Gasteiger partial charge on any atom is 0.387 e. The van der Waals surface area contributed by atoms with E-state index >= 15 is 0 Å². The molecule has 140 valence electrons. The highest BCUT2D eigenvalue weighted by atomic mass is 19.3. The number of carbonyl (C=O) groups excluding carboxylic acids is 1. The number of nitrogens with zero attached hydrogens (tertiary/aromatic N) is 1. The summed E-state index contributed by atoms with van der Waals surface area (Å²) >= 11 is 0. The number of anilines is 1. The van der Waals surface area contributed by atoms with Gasteiger partial charge in [0.1, 0.15) is 23.1 Å². The van der Waals surface area contributed by atoms with E-state index < -0.39 is 24.2 Å². The molecule has 0 aliphatic carbocycles. The molecular formula is C19H13F4NO3. The van der Waals surface area contributed by atoms with Crippen LogP contribution in [0.5, 0.6) is 5.75 Å². The Balaban J connectivity index is 2.04. The number of hydrogen-bond donors (Lipinski definition) is 0. The van der Waals surface area contributed by atoms with E-state index in [2.05, 4.69) is 4.74 Å². The van der Waals surface area contributed by atoms with E-state index in [1.54, 1.807) is 12.1 Å². The molecule has 0 aliphatic rings. The molecule has 2 aromatic carbocycles. The third kappa shape index (κ3) is 4.28. The van der Waals surface area contributed by atoms with Crippen molar-refractivity contribution < 1.29 is 31.5 Å². The van der Waals surface area contributed by atoms with Crippen LogP contribution < -0.4 is 9.64 Å². The highest BCUT2D eigenvalue weighted by molar-refractivity contribution is 6.07. The van der Waals surface area contributed by atoms with Crippen molar-refractivity contribution >= 4 is 11.6 Å². The summed E-state index contributed by atoms with van der Waals surface area (Å²) in [6, 6.07) is 11.2. The van der Waals surface area contributed by atoms with Crippen LogP contribution in [-0.2, 0) is 6.54 Å². The lowest BCUT2D eigenvalue weighted by atomic mass is 10.1. The van der Waals surface area contributed by atoms with E-state index in [9.17, 15) is 22.4 Å². The molecule has 0 spiro atoms. The van der Waals surface area contributed by atoms with Crippen LogP contribution in [-0.4, -0.2) is 12.5 Å².